The summed E-state index contributed by atoms with van der Waals surface area (Å²) in [4.78, 5) is 18.2. The summed E-state index contributed by atoms with van der Waals surface area (Å²) in [5.41, 5.74) is 1.63. The number of sulfonamides is 1. The third kappa shape index (κ3) is 5.55. The highest BCUT2D eigenvalue weighted by Gasteiger charge is 2.24. The molecule has 1 amide bonds. The molecule has 0 saturated carbocycles. The summed E-state index contributed by atoms with van der Waals surface area (Å²) in [5, 5.41) is 3.12. The fraction of sp³-hybridized carbons (Fsp3) is 0.273. The second-order valence-corrected chi connectivity index (χ2v) is 11.1. The quantitative estimate of drug-likeness (QED) is 0.566. The van der Waals surface area contributed by atoms with E-state index < -0.39 is 21.5 Å². The Kier molecular flexibility index (Phi) is 6.31. The molecule has 2 aromatic carbocycles. The van der Waals surface area contributed by atoms with Crippen molar-refractivity contribution in [2.75, 3.05) is 5.32 Å². The van der Waals surface area contributed by atoms with Crippen molar-refractivity contribution in [2.24, 2.45) is 0 Å². The molecule has 0 aliphatic carbocycles. The first kappa shape index (κ1) is 23.1. The van der Waals surface area contributed by atoms with Crippen molar-refractivity contribution in [1.82, 2.24) is 9.71 Å². The Morgan fingerprint density at radius 3 is 2.32 bits per heavy atom. The van der Waals surface area contributed by atoms with Crippen LogP contribution >= 0.6 is 11.3 Å². The summed E-state index contributed by atoms with van der Waals surface area (Å²) >= 11 is 1.29. The maximum absolute atomic E-state index is 13.2. The van der Waals surface area contributed by atoms with E-state index in [1.807, 2.05) is 6.92 Å². The van der Waals surface area contributed by atoms with Crippen LogP contribution in [-0.2, 0) is 10.0 Å². The number of carbonyl (C=O) groups is 1. The standard InChI is InChI=1S/C22H24FN3O3S2/c1-13-6-11-17(31(28,29)26-22(3,4)5)12-18(13)20(27)25-21-24-19(14(2)30-21)15-7-9-16(23)10-8-15/h6-12,26H,1-5H3,(H,24,25,27). The van der Waals surface area contributed by atoms with Gasteiger partial charge in [0.25, 0.3) is 5.91 Å². The predicted molar refractivity (Wildman–Crippen MR) is 121 cm³/mol. The Morgan fingerprint density at radius 2 is 1.71 bits per heavy atom. The van der Waals surface area contributed by atoms with Gasteiger partial charge in [0.1, 0.15) is 5.82 Å². The number of hydrogen-bond donors (Lipinski definition) is 2. The zero-order valence-corrected chi connectivity index (χ0v) is 19.5. The van der Waals surface area contributed by atoms with Gasteiger partial charge in [-0.3, -0.25) is 10.1 Å². The lowest BCUT2D eigenvalue weighted by atomic mass is 10.1. The Hall–Kier alpha value is -2.62. The molecule has 1 heterocycles. The zero-order chi connectivity index (χ0) is 23.0. The van der Waals surface area contributed by atoms with Crippen LogP contribution < -0.4 is 10.0 Å². The average molecular weight is 462 g/mol. The number of nitrogens with zero attached hydrogens (tertiary/aromatic N) is 1. The second kappa shape index (κ2) is 8.49. The molecule has 0 bridgehead atoms. The van der Waals surface area contributed by atoms with Crippen molar-refractivity contribution in [3.63, 3.8) is 0 Å². The molecule has 0 unspecified atom stereocenters. The molecule has 31 heavy (non-hydrogen) atoms. The number of nitrogens with one attached hydrogen (secondary N) is 2. The first-order valence-corrected chi connectivity index (χ1v) is 11.8. The number of halogens is 1. The smallest absolute Gasteiger partial charge is 0.257 e. The van der Waals surface area contributed by atoms with Crippen LogP contribution in [0.1, 0.15) is 41.6 Å². The minimum Gasteiger partial charge on any atom is -0.298 e. The van der Waals surface area contributed by atoms with Crippen molar-refractivity contribution in [3.8, 4) is 11.3 Å². The molecule has 0 spiro atoms. The number of thiazole rings is 1. The van der Waals surface area contributed by atoms with Crippen molar-refractivity contribution in [1.29, 1.82) is 0 Å². The highest BCUT2D eigenvalue weighted by atomic mass is 32.2. The first-order valence-electron chi connectivity index (χ1n) is 9.55. The largest absolute Gasteiger partial charge is 0.298 e. The van der Waals surface area contributed by atoms with Crippen molar-refractivity contribution >= 4 is 32.4 Å². The zero-order valence-electron chi connectivity index (χ0n) is 17.9. The normalized spacial score (nSPS) is 12.1. The Balaban J connectivity index is 1.87. The molecule has 3 rings (SSSR count). The lowest BCUT2D eigenvalue weighted by Crippen LogP contribution is -2.40. The fourth-order valence-electron chi connectivity index (χ4n) is 2.96. The maximum Gasteiger partial charge on any atom is 0.257 e. The van der Waals surface area contributed by atoms with E-state index in [2.05, 4.69) is 15.0 Å². The van der Waals surface area contributed by atoms with Gasteiger partial charge in [-0.05, 0) is 76.6 Å². The minimum absolute atomic E-state index is 0.0143. The van der Waals surface area contributed by atoms with Crippen LogP contribution in [0.2, 0.25) is 0 Å². The van der Waals surface area contributed by atoms with E-state index >= 15 is 0 Å². The van der Waals surface area contributed by atoms with E-state index in [1.165, 1.54) is 35.6 Å². The number of amides is 1. The van der Waals surface area contributed by atoms with Gasteiger partial charge in [-0.25, -0.2) is 22.5 Å². The molecule has 6 nitrogen and oxygen atoms in total. The number of carbonyl (C=O) groups excluding carboxylic acids is 1. The molecule has 2 N–H and O–H groups in total. The van der Waals surface area contributed by atoms with Crippen LogP contribution in [0.4, 0.5) is 9.52 Å². The number of anilines is 1. The van der Waals surface area contributed by atoms with Crippen LogP contribution in [0.5, 0.6) is 0 Å². The van der Waals surface area contributed by atoms with Crippen LogP contribution in [0, 0.1) is 19.7 Å². The molecule has 164 valence electrons. The van der Waals surface area contributed by atoms with Gasteiger partial charge in [-0.15, -0.1) is 11.3 Å². The van der Waals surface area contributed by atoms with Crippen LogP contribution in [0.25, 0.3) is 11.3 Å². The number of aryl methyl sites for hydroxylation is 2. The van der Waals surface area contributed by atoms with Gasteiger partial charge in [0.2, 0.25) is 10.0 Å². The van der Waals surface area contributed by atoms with Crippen LogP contribution in [0.3, 0.4) is 0 Å². The summed E-state index contributed by atoms with van der Waals surface area (Å²) < 4.78 is 41.1. The van der Waals surface area contributed by atoms with Gasteiger partial charge in [-0.1, -0.05) is 6.07 Å². The summed E-state index contributed by atoms with van der Waals surface area (Å²) in [6.07, 6.45) is 0. The first-order chi connectivity index (χ1) is 14.4. The monoisotopic (exact) mass is 461 g/mol. The number of rotatable bonds is 5. The van der Waals surface area contributed by atoms with E-state index in [1.54, 1.807) is 45.9 Å². The summed E-state index contributed by atoms with van der Waals surface area (Å²) in [7, 11) is -3.78. The molecule has 0 aliphatic rings. The van der Waals surface area contributed by atoms with E-state index in [0.29, 0.717) is 16.4 Å². The highest BCUT2D eigenvalue weighted by Crippen LogP contribution is 2.31. The van der Waals surface area contributed by atoms with Gasteiger partial charge in [0.05, 0.1) is 10.6 Å². The lowest BCUT2D eigenvalue weighted by Gasteiger charge is -2.20. The van der Waals surface area contributed by atoms with Crippen LogP contribution in [-0.4, -0.2) is 24.8 Å². The van der Waals surface area contributed by atoms with Crippen LogP contribution in [0.15, 0.2) is 47.4 Å². The fourth-order valence-corrected chi connectivity index (χ4v) is 5.24. The summed E-state index contributed by atoms with van der Waals surface area (Å²) in [5.74, 6) is -0.791. The molecule has 0 atom stereocenters. The molecule has 0 fully saturated rings. The highest BCUT2D eigenvalue weighted by molar-refractivity contribution is 7.89. The minimum atomic E-state index is -3.78. The topological polar surface area (TPSA) is 88.2 Å². The maximum atomic E-state index is 13.2. The Morgan fingerprint density at radius 1 is 1.06 bits per heavy atom. The van der Waals surface area contributed by atoms with Gasteiger partial charge in [-0.2, -0.15) is 0 Å². The predicted octanol–water partition coefficient (Wildman–Crippen LogP) is 4.90. The molecule has 0 radical (unpaired) electrons. The third-order valence-electron chi connectivity index (χ3n) is 4.34. The van der Waals surface area contributed by atoms with Gasteiger partial charge < -0.3 is 0 Å². The van der Waals surface area contributed by atoms with E-state index in [4.69, 9.17) is 0 Å². The SMILES string of the molecule is Cc1ccc(S(=O)(=O)NC(C)(C)C)cc1C(=O)Nc1nc(-c2ccc(F)cc2)c(C)s1. The van der Waals surface area contributed by atoms with Gasteiger partial charge in [0, 0.05) is 21.5 Å². The van der Waals surface area contributed by atoms with Crippen molar-refractivity contribution in [3.05, 3.63) is 64.3 Å². The molecule has 1 aromatic heterocycles. The Bertz CT molecular complexity index is 1230. The summed E-state index contributed by atoms with van der Waals surface area (Å²) in [6.45, 7) is 8.84. The second-order valence-electron chi connectivity index (χ2n) is 8.22. The molecule has 9 heteroatoms. The molecular formula is C22H24FN3O3S2. The Labute approximate surface area is 185 Å². The molecule has 0 aliphatic heterocycles. The number of benzene rings is 2. The molecular weight excluding hydrogens is 437 g/mol. The molecule has 0 saturated heterocycles. The van der Waals surface area contributed by atoms with Crippen molar-refractivity contribution in [2.45, 2.75) is 45.1 Å². The lowest BCUT2D eigenvalue weighted by molar-refractivity contribution is 0.102. The number of hydrogen-bond acceptors (Lipinski definition) is 5. The van der Waals surface area contributed by atoms with Crippen molar-refractivity contribution < 1.29 is 17.6 Å². The summed E-state index contributed by atoms with van der Waals surface area (Å²) in [6, 6.07) is 10.4. The average Bonchev–Trinajstić information content (AvgIpc) is 3.00. The third-order valence-corrected chi connectivity index (χ3v) is 6.98. The molecule has 3 aromatic rings. The number of aromatic nitrogens is 1. The van der Waals surface area contributed by atoms with E-state index in [-0.39, 0.29) is 16.3 Å². The van der Waals surface area contributed by atoms with E-state index in [9.17, 15) is 17.6 Å². The van der Waals surface area contributed by atoms with Gasteiger partial charge in [0.15, 0.2) is 5.13 Å². The van der Waals surface area contributed by atoms with Gasteiger partial charge >= 0.3 is 0 Å². The van der Waals surface area contributed by atoms with E-state index in [0.717, 1.165) is 10.4 Å².